The first-order valence-corrected chi connectivity index (χ1v) is 16.0. The highest BCUT2D eigenvalue weighted by molar-refractivity contribution is 6.01. The van der Waals surface area contributed by atoms with Gasteiger partial charge in [0.05, 0.1) is 26.5 Å². The summed E-state index contributed by atoms with van der Waals surface area (Å²) in [6.45, 7) is 9.84. The smallest absolute Gasteiger partial charge is 0.303 e. The number of carbonyl (C=O) groups is 1. The zero-order chi connectivity index (χ0) is 34.1. The Balaban J connectivity index is 0.000000385. The number of hydrogen-bond acceptors (Lipinski definition) is 5. The number of aliphatic carboxylic acids is 1. The van der Waals surface area contributed by atoms with Crippen LogP contribution in [0.2, 0.25) is 0 Å². The fourth-order valence-corrected chi connectivity index (χ4v) is 6.20. The first-order valence-electron chi connectivity index (χ1n) is 16.0. The van der Waals surface area contributed by atoms with Gasteiger partial charge in [0.1, 0.15) is 17.3 Å². The maximum atomic E-state index is 13.3. The van der Waals surface area contributed by atoms with Crippen molar-refractivity contribution in [3.63, 3.8) is 0 Å². The van der Waals surface area contributed by atoms with Crippen molar-refractivity contribution in [3.8, 4) is 22.6 Å². The van der Waals surface area contributed by atoms with Crippen LogP contribution in [0.5, 0.6) is 11.5 Å². The van der Waals surface area contributed by atoms with Crippen LogP contribution in [0.25, 0.3) is 27.6 Å². The van der Waals surface area contributed by atoms with Gasteiger partial charge in [-0.3, -0.25) is 9.18 Å². The molecule has 0 spiro atoms. The minimum Gasteiger partial charge on any atom is -0.496 e. The molecule has 4 aromatic rings. The molecule has 0 unspecified atom stereocenters. The number of halogens is 2. The molecular formula is C39H46F2N2O4. The number of alkyl halides is 1. The second kappa shape index (κ2) is 15.9. The molecule has 0 aliphatic carbocycles. The molecule has 0 amide bonds. The topological polar surface area (TPSA) is 85.0 Å². The fraction of sp³-hybridized carbons (Fsp3) is 0.359. The number of carboxylic acid groups (broad SMARTS) is 1. The van der Waals surface area contributed by atoms with Crippen molar-refractivity contribution in [1.29, 1.82) is 0 Å². The lowest BCUT2D eigenvalue weighted by molar-refractivity contribution is -0.136. The van der Waals surface area contributed by atoms with Gasteiger partial charge in [-0.1, -0.05) is 62.0 Å². The van der Waals surface area contributed by atoms with Crippen LogP contribution in [-0.4, -0.2) is 56.5 Å². The molecule has 8 heteroatoms. The van der Waals surface area contributed by atoms with Gasteiger partial charge in [-0.2, -0.15) is 0 Å². The molecule has 3 N–H and O–H groups in total. The van der Waals surface area contributed by atoms with Gasteiger partial charge in [0.15, 0.2) is 0 Å². The molecule has 4 aromatic carbocycles. The van der Waals surface area contributed by atoms with Gasteiger partial charge in [0, 0.05) is 24.2 Å². The lowest BCUT2D eigenvalue weighted by Crippen LogP contribution is -2.40. The summed E-state index contributed by atoms with van der Waals surface area (Å²) in [4.78, 5) is 13.6. The van der Waals surface area contributed by atoms with Crippen molar-refractivity contribution < 1.29 is 28.2 Å². The van der Waals surface area contributed by atoms with E-state index in [-0.39, 0.29) is 30.0 Å². The molecule has 1 aliphatic rings. The van der Waals surface area contributed by atoms with E-state index in [1.54, 1.807) is 33.3 Å². The number of carboxylic acids is 1. The Kier molecular flexibility index (Phi) is 12.0. The first kappa shape index (κ1) is 35.4. The molecule has 0 atom stereocenters. The predicted octanol–water partition coefficient (Wildman–Crippen LogP) is 8.22. The maximum absolute atomic E-state index is 13.3. The van der Waals surface area contributed by atoms with Gasteiger partial charge >= 0.3 is 5.97 Å². The van der Waals surface area contributed by atoms with E-state index in [9.17, 15) is 13.6 Å². The molecule has 0 bridgehead atoms. The molecule has 1 saturated heterocycles. The molecule has 250 valence electrons. The Morgan fingerprint density at radius 3 is 2.15 bits per heavy atom. The molecule has 0 saturated carbocycles. The zero-order valence-electron chi connectivity index (χ0n) is 27.9. The van der Waals surface area contributed by atoms with E-state index >= 15 is 0 Å². The highest BCUT2D eigenvalue weighted by Crippen LogP contribution is 2.43. The van der Waals surface area contributed by atoms with Gasteiger partial charge in [-0.05, 0) is 102 Å². The SMILES string of the molecule is C=C(N)c1c(C)cccc1F.COc1cc(CCN2CCC(C)(CF)CC2)cc(OC)c1-c1cccc2c(CCC(=O)O)cccc12. The van der Waals surface area contributed by atoms with Gasteiger partial charge in [0.2, 0.25) is 0 Å². The summed E-state index contributed by atoms with van der Waals surface area (Å²) in [6.07, 6.45) is 3.21. The summed E-state index contributed by atoms with van der Waals surface area (Å²) in [5, 5.41) is 11.2. The molecule has 1 aliphatic heterocycles. The van der Waals surface area contributed by atoms with E-state index in [0.717, 1.165) is 89.0 Å². The van der Waals surface area contributed by atoms with Gasteiger partial charge < -0.3 is 25.2 Å². The molecule has 6 nitrogen and oxygen atoms in total. The van der Waals surface area contributed by atoms with Crippen LogP contribution in [0, 0.1) is 18.2 Å². The van der Waals surface area contributed by atoms with Crippen LogP contribution in [0.4, 0.5) is 8.78 Å². The number of aryl methyl sites for hydroxylation is 2. The summed E-state index contributed by atoms with van der Waals surface area (Å²) in [5.41, 5.74) is 10.8. The average molecular weight is 645 g/mol. The normalized spacial score (nSPS) is 14.3. The van der Waals surface area contributed by atoms with Crippen LogP contribution >= 0.6 is 0 Å². The van der Waals surface area contributed by atoms with Gasteiger partial charge in [-0.15, -0.1) is 0 Å². The van der Waals surface area contributed by atoms with Gasteiger partial charge in [0.25, 0.3) is 0 Å². The minimum atomic E-state index is -0.803. The molecule has 1 heterocycles. The zero-order valence-corrected chi connectivity index (χ0v) is 27.9. The molecule has 5 rings (SSSR count). The quantitative estimate of drug-likeness (QED) is 0.171. The van der Waals surface area contributed by atoms with E-state index in [1.807, 2.05) is 31.2 Å². The number of nitrogens with zero attached hydrogens (tertiary/aromatic N) is 1. The Bertz CT molecular complexity index is 1670. The summed E-state index contributed by atoms with van der Waals surface area (Å²) in [5.74, 6) is 0.383. The van der Waals surface area contributed by atoms with Crippen molar-refractivity contribution in [3.05, 3.63) is 101 Å². The molecule has 1 fully saturated rings. The second-order valence-electron chi connectivity index (χ2n) is 12.6. The Morgan fingerprint density at radius 2 is 1.60 bits per heavy atom. The maximum Gasteiger partial charge on any atom is 0.303 e. The lowest BCUT2D eigenvalue weighted by atomic mass is 9.82. The number of piperidine rings is 1. The van der Waals surface area contributed by atoms with Crippen LogP contribution in [0.15, 0.2) is 73.3 Å². The van der Waals surface area contributed by atoms with Crippen LogP contribution in [-0.2, 0) is 17.6 Å². The average Bonchev–Trinajstić information content (AvgIpc) is 3.06. The van der Waals surface area contributed by atoms with E-state index in [1.165, 1.54) is 6.07 Å². The van der Waals surface area contributed by atoms with Crippen molar-refractivity contribution in [2.45, 2.75) is 46.0 Å². The highest BCUT2D eigenvalue weighted by atomic mass is 19.1. The number of ether oxygens (including phenoxy) is 2. The standard InChI is InChI=1S/C30H36FNO4.C9H10FN/c1-30(20-31)13-16-32(17-14-30)15-12-21-18-26(35-2)29(27(19-21)36-3)25-9-5-7-23-22(10-11-28(33)34)6-4-8-24(23)25;1-6-4-3-5-8(10)9(6)7(2)11/h4-9,18-19H,10-17,20H2,1-3H3,(H,33,34);3-5H,2,11H2,1H3. The first-order chi connectivity index (χ1) is 22.5. The Labute approximate surface area is 276 Å². The summed E-state index contributed by atoms with van der Waals surface area (Å²) in [7, 11) is 3.35. The van der Waals surface area contributed by atoms with Crippen LogP contribution in [0.3, 0.4) is 0 Å². The van der Waals surface area contributed by atoms with E-state index < -0.39 is 5.97 Å². The highest BCUT2D eigenvalue weighted by Gasteiger charge is 2.30. The third-order valence-electron chi connectivity index (χ3n) is 9.10. The predicted molar refractivity (Wildman–Crippen MR) is 186 cm³/mol. The number of rotatable bonds is 11. The number of likely N-dealkylation sites (tertiary alicyclic amines) is 1. The molecule has 0 radical (unpaired) electrons. The number of hydrogen-bond donors (Lipinski definition) is 2. The number of fused-ring (bicyclic) bond motifs is 1. The number of benzene rings is 4. The number of methoxy groups -OCH3 is 2. The summed E-state index contributed by atoms with van der Waals surface area (Å²) < 4.78 is 38.0. The third kappa shape index (κ3) is 8.69. The lowest BCUT2D eigenvalue weighted by Gasteiger charge is -2.37. The Hall–Kier alpha value is -4.43. The summed E-state index contributed by atoms with van der Waals surface area (Å²) in [6, 6.07) is 21.1. The van der Waals surface area contributed by atoms with Crippen LogP contribution < -0.4 is 15.2 Å². The van der Waals surface area contributed by atoms with Crippen molar-refractivity contribution >= 4 is 22.4 Å². The van der Waals surface area contributed by atoms with Gasteiger partial charge in [-0.25, -0.2) is 4.39 Å². The van der Waals surface area contributed by atoms with E-state index in [2.05, 4.69) is 35.7 Å². The van der Waals surface area contributed by atoms with E-state index in [4.69, 9.17) is 20.3 Å². The van der Waals surface area contributed by atoms with Crippen molar-refractivity contribution in [1.82, 2.24) is 4.90 Å². The minimum absolute atomic E-state index is 0.0920. The number of nitrogens with two attached hydrogens (primary N) is 1. The molecule has 0 aromatic heterocycles. The third-order valence-corrected chi connectivity index (χ3v) is 9.10. The van der Waals surface area contributed by atoms with Crippen molar-refractivity contribution in [2.24, 2.45) is 11.1 Å². The van der Waals surface area contributed by atoms with Crippen molar-refractivity contribution in [2.75, 3.05) is 40.5 Å². The fourth-order valence-electron chi connectivity index (χ4n) is 6.20. The summed E-state index contributed by atoms with van der Waals surface area (Å²) >= 11 is 0. The largest absolute Gasteiger partial charge is 0.496 e. The molecule has 47 heavy (non-hydrogen) atoms. The van der Waals surface area contributed by atoms with Crippen LogP contribution in [0.1, 0.15) is 48.4 Å². The van der Waals surface area contributed by atoms with E-state index in [0.29, 0.717) is 12.0 Å². The molecular weight excluding hydrogens is 598 g/mol. The monoisotopic (exact) mass is 644 g/mol. The Morgan fingerprint density at radius 1 is 0.979 bits per heavy atom. The second-order valence-corrected chi connectivity index (χ2v) is 12.6.